The van der Waals surface area contributed by atoms with E-state index in [1.807, 2.05) is 31.2 Å². The molecule has 1 aromatic carbocycles. The maximum absolute atomic E-state index is 12.4. The van der Waals surface area contributed by atoms with Crippen molar-refractivity contribution < 1.29 is 14.7 Å². The van der Waals surface area contributed by atoms with Gasteiger partial charge in [-0.2, -0.15) is 0 Å². The number of aryl methyl sites for hydroxylation is 1. The van der Waals surface area contributed by atoms with Crippen LogP contribution in [-0.4, -0.2) is 32.0 Å². The Hall–Kier alpha value is -2.70. The van der Waals surface area contributed by atoms with E-state index in [-0.39, 0.29) is 17.5 Å². The fourth-order valence-electron chi connectivity index (χ4n) is 2.47. The van der Waals surface area contributed by atoms with Crippen molar-refractivity contribution in [3.8, 4) is 0 Å². The molecule has 2 N–H and O–H groups in total. The quantitative estimate of drug-likeness (QED) is 0.883. The predicted molar refractivity (Wildman–Crippen MR) is 83.5 cm³/mol. The highest BCUT2D eigenvalue weighted by atomic mass is 16.4. The summed E-state index contributed by atoms with van der Waals surface area (Å²) in [6, 6.07) is 6.84. The lowest BCUT2D eigenvalue weighted by Crippen LogP contribution is -2.26. The minimum absolute atomic E-state index is 0.0533. The molecular formula is C16H18N4O3. The number of anilines is 1. The highest BCUT2D eigenvalue weighted by Crippen LogP contribution is 2.42. The number of rotatable bonds is 5. The summed E-state index contributed by atoms with van der Waals surface area (Å²) >= 11 is 0. The highest BCUT2D eigenvalue weighted by molar-refractivity contribution is 5.94. The third-order valence-electron chi connectivity index (χ3n) is 3.96. The molecule has 0 aliphatic heterocycles. The molecule has 0 spiro atoms. The second kappa shape index (κ2) is 5.83. The van der Waals surface area contributed by atoms with Gasteiger partial charge in [0.1, 0.15) is 6.04 Å². The summed E-state index contributed by atoms with van der Waals surface area (Å²) in [4.78, 5) is 23.7. The number of carboxylic acids is 1. The van der Waals surface area contributed by atoms with Crippen molar-refractivity contribution in [2.75, 3.05) is 5.32 Å². The van der Waals surface area contributed by atoms with Gasteiger partial charge in [-0.15, -0.1) is 5.10 Å². The summed E-state index contributed by atoms with van der Waals surface area (Å²) in [5.74, 6) is -1.23. The van der Waals surface area contributed by atoms with Crippen molar-refractivity contribution in [3.63, 3.8) is 0 Å². The van der Waals surface area contributed by atoms with Gasteiger partial charge < -0.3 is 10.4 Å². The number of carbonyl (C=O) groups is 2. The number of nitrogens with one attached hydrogen (secondary N) is 1. The number of amides is 1. The standard InChI is InChI=1S/C16H18N4O3/c1-9-3-7-12(8-4-9)17-15(21)10(2)20-14(11-5-6-11)13(16(22)23)18-19-20/h3-4,7-8,10-11H,5-6H2,1-2H3,(H,17,21)(H,22,23). The van der Waals surface area contributed by atoms with E-state index in [1.54, 1.807) is 6.92 Å². The zero-order chi connectivity index (χ0) is 16.6. The molecule has 2 aromatic rings. The molecule has 120 valence electrons. The summed E-state index contributed by atoms with van der Waals surface area (Å²) in [7, 11) is 0. The van der Waals surface area contributed by atoms with E-state index in [0.29, 0.717) is 11.4 Å². The second-order valence-corrected chi connectivity index (χ2v) is 5.88. The first kappa shape index (κ1) is 15.2. The van der Waals surface area contributed by atoms with Crippen molar-refractivity contribution in [3.05, 3.63) is 41.2 Å². The molecule has 7 heteroatoms. The molecule has 1 heterocycles. The third kappa shape index (κ3) is 3.08. The number of hydrogen-bond acceptors (Lipinski definition) is 4. The molecule has 1 unspecified atom stereocenters. The maximum Gasteiger partial charge on any atom is 0.358 e. The molecule has 0 bridgehead atoms. The van der Waals surface area contributed by atoms with Gasteiger partial charge in [0.15, 0.2) is 5.69 Å². The molecule has 1 saturated carbocycles. The molecule has 0 radical (unpaired) electrons. The molecular weight excluding hydrogens is 296 g/mol. The topological polar surface area (TPSA) is 97.1 Å². The second-order valence-electron chi connectivity index (χ2n) is 5.88. The van der Waals surface area contributed by atoms with Gasteiger partial charge in [0, 0.05) is 11.6 Å². The van der Waals surface area contributed by atoms with Crippen LogP contribution in [-0.2, 0) is 4.79 Å². The average molecular weight is 314 g/mol. The predicted octanol–water partition coefficient (Wildman–Crippen LogP) is 2.36. The van der Waals surface area contributed by atoms with E-state index >= 15 is 0 Å². The number of carboxylic acid groups (broad SMARTS) is 1. The Bertz CT molecular complexity index is 747. The summed E-state index contributed by atoms with van der Waals surface area (Å²) < 4.78 is 1.44. The lowest BCUT2D eigenvalue weighted by Gasteiger charge is -2.15. The van der Waals surface area contributed by atoms with Gasteiger partial charge >= 0.3 is 5.97 Å². The Morgan fingerprint density at radius 2 is 1.96 bits per heavy atom. The minimum Gasteiger partial charge on any atom is -0.476 e. The molecule has 1 fully saturated rings. The molecule has 7 nitrogen and oxygen atoms in total. The van der Waals surface area contributed by atoms with Crippen LogP contribution in [0.1, 0.15) is 53.5 Å². The Kier molecular flexibility index (Phi) is 3.85. The first-order valence-corrected chi connectivity index (χ1v) is 7.53. The third-order valence-corrected chi connectivity index (χ3v) is 3.96. The van der Waals surface area contributed by atoms with Crippen molar-refractivity contribution in [1.29, 1.82) is 0 Å². The lowest BCUT2D eigenvalue weighted by atomic mass is 10.2. The van der Waals surface area contributed by atoms with Crippen LogP contribution in [0.2, 0.25) is 0 Å². The Morgan fingerprint density at radius 3 is 2.52 bits per heavy atom. The van der Waals surface area contributed by atoms with Crippen LogP contribution in [0.4, 0.5) is 5.69 Å². The Labute approximate surface area is 133 Å². The van der Waals surface area contributed by atoms with Gasteiger partial charge in [0.25, 0.3) is 0 Å². The van der Waals surface area contributed by atoms with Gasteiger partial charge in [0.2, 0.25) is 5.91 Å². The summed E-state index contributed by atoms with van der Waals surface area (Å²) in [5.41, 5.74) is 2.29. The van der Waals surface area contributed by atoms with Crippen LogP contribution in [0.5, 0.6) is 0 Å². The van der Waals surface area contributed by atoms with Crippen LogP contribution in [0, 0.1) is 6.92 Å². The first-order chi connectivity index (χ1) is 11.0. The van der Waals surface area contributed by atoms with Crippen LogP contribution < -0.4 is 5.32 Å². The SMILES string of the molecule is Cc1ccc(NC(=O)C(C)n2nnc(C(=O)O)c2C2CC2)cc1. The highest BCUT2D eigenvalue weighted by Gasteiger charge is 2.36. The molecule has 1 amide bonds. The largest absolute Gasteiger partial charge is 0.476 e. The Morgan fingerprint density at radius 1 is 1.30 bits per heavy atom. The molecule has 23 heavy (non-hydrogen) atoms. The van der Waals surface area contributed by atoms with E-state index in [2.05, 4.69) is 15.6 Å². The van der Waals surface area contributed by atoms with Gasteiger partial charge in [-0.05, 0) is 38.8 Å². The number of carbonyl (C=O) groups excluding carboxylic acids is 1. The molecule has 1 aliphatic rings. The number of aromatic nitrogens is 3. The van der Waals surface area contributed by atoms with Gasteiger partial charge in [-0.1, -0.05) is 22.9 Å². The zero-order valence-electron chi connectivity index (χ0n) is 13.0. The lowest BCUT2D eigenvalue weighted by molar-refractivity contribution is -0.119. The van der Waals surface area contributed by atoms with Crippen molar-refractivity contribution in [1.82, 2.24) is 15.0 Å². The fraction of sp³-hybridized carbons (Fsp3) is 0.375. The van der Waals surface area contributed by atoms with E-state index in [1.165, 1.54) is 4.68 Å². The minimum atomic E-state index is -1.11. The normalized spacial score (nSPS) is 15.2. The van der Waals surface area contributed by atoms with Crippen molar-refractivity contribution in [2.24, 2.45) is 0 Å². The Balaban J connectivity index is 1.82. The molecule has 1 aromatic heterocycles. The van der Waals surface area contributed by atoms with E-state index in [4.69, 9.17) is 0 Å². The van der Waals surface area contributed by atoms with Crippen molar-refractivity contribution in [2.45, 2.75) is 38.6 Å². The molecule has 3 rings (SSSR count). The van der Waals surface area contributed by atoms with Crippen LogP contribution in [0.25, 0.3) is 0 Å². The summed E-state index contributed by atoms with van der Waals surface area (Å²) in [6.07, 6.45) is 1.81. The summed E-state index contributed by atoms with van der Waals surface area (Å²) in [5, 5.41) is 19.7. The van der Waals surface area contributed by atoms with Gasteiger partial charge in [-0.25, -0.2) is 9.48 Å². The zero-order valence-corrected chi connectivity index (χ0v) is 13.0. The van der Waals surface area contributed by atoms with Gasteiger partial charge in [-0.3, -0.25) is 4.79 Å². The van der Waals surface area contributed by atoms with E-state index < -0.39 is 12.0 Å². The maximum atomic E-state index is 12.4. The molecule has 0 saturated heterocycles. The molecule has 1 aliphatic carbocycles. The molecule has 1 atom stereocenters. The smallest absolute Gasteiger partial charge is 0.358 e. The fourth-order valence-corrected chi connectivity index (χ4v) is 2.47. The first-order valence-electron chi connectivity index (χ1n) is 7.53. The van der Waals surface area contributed by atoms with Crippen LogP contribution in [0.3, 0.4) is 0 Å². The average Bonchev–Trinajstić information content (AvgIpc) is 3.26. The van der Waals surface area contributed by atoms with E-state index in [9.17, 15) is 14.7 Å². The van der Waals surface area contributed by atoms with E-state index in [0.717, 1.165) is 18.4 Å². The number of aromatic carboxylic acids is 1. The van der Waals surface area contributed by atoms with Crippen LogP contribution in [0.15, 0.2) is 24.3 Å². The summed E-state index contributed by atoms with van der Waals surface area (Å²) in [6.45, 7) is 3.66. The number of hydrogen-bond donors (Lipinski definition) is 2. The van der Waals surface area contributed by atoms with Gasteiger partial charge in [0.05, 0.1) is 5.69 Å². The monoisotopic (exact) mass is 314 g/mol. The van der Waals surface area contributed by atoms with Crippen molar-refractivity contribution >= 4 is 17.6 Å². The number of nitrogens with zero attached hydrogens (tertiary/aromatic N) is 3. The van der Waals surface area contributed by atoms with Crippen LogP contribution >= 0.6 is 0 Å². The number of benzene rings is 1.